The van der Waals surface area contributed by atoms with Crippen molar-refractivity contribution in [2.75, 3.05) is 0 Å². The third-order valence-corrected chi connectivity index (χ3v) is 10.6. The molecule has 17 heavy (non-hydrogen) atoms. The Kier molecular flexibility index (Phi) is 5.71. The summed E-state index contributed by atoms with van der Waals surface area (Å²) in [6.07, 6.45) is 4.82. The summed E-state index contributed by atoms with van der Waals surface area (Å²) in [7, 11) is -1.12. The minimum Gasteiger partial charge on any atom is -1.00 e. The molecular weight excluding hydrogens is 231 g/mol. The number of hydrogen-bond acceptors (Lipinski definition) is 0. The van der Waals surface area contributed by atoms with E-state index in [1.54, 1.807) is 5.56 Å². The zero-order valence-corrected chi connectivity index (χ0v) is 14.7. The Labute approximate surface area is 130 Å². The second-order valence-electron chi connectivity index (χ2n) is 4.89. The molecule has 0 aliphatic heterocycles. The van der Waals surface area contributed by atoms with Gasteiger partial charge in [-0.1, -0.05) is 75.3 Å². The van der Waals surface area contributed by atoms with Gasteiger partial charge in [-0.2, -0.15) is 0 Å². The smallest absolute Gasteiger partial charge is 1.00 e. The van der Waals surface area contributed by atoms with Crippen molar-refractivity contribution in [3.63, 3.8) is 0 Å². The molecule has 2 heteroatoms. The molecule has 1 unspecified atom stereocenters. The second kappa shape index (κ2) is 6.37. The van der Waals surface area contributed by atoms with Crippen LogP contribution in [-0.2, 0) is 0 Å². The molecule has 2 rings (SSSR count). The van der Waals surface area contributed by atoms with Gasteiger partial charge in [0.25, 0.3) is 0 Å². The van der Waals surface area contributed by atoms with Crippen molar-refractivity contribution in [3.05, 3.63) is 41.5 Å². The van der Waals surface area contributed by atoms with Gasteiger partial charge in [0, 0.05) is 0 Å². The van der Waals surface area contributed by atoms with E-state index >= 15 is 0 Å². The van der Waals surface area contributed by atoms with E-state index in [4.69, 9.17) is 0 Å². The van der Waals surface area contributed by atoms with Gasteiger partial charge < -0.3 is 1.43 Å². The van der Waals surface area contributed by atoms with Crippen LogP contribution in [0.3, 0.4) is 0 Å². The first-order chi connectivity index (χ1) is 7.77. The van der Waals surface area contributed by atoms with Crippen LogP contribution in [0.15, 0.2) is 30.3 Å². The van der Waals surface area contributed by atoms with Gasteiger partial charge in [-0.3, -0.25) is 0 Å². The fraction of sp³-hybridized carbons (Fsp3) is 0.467. The van der Waals surface area contributed by atoms with E-state index in [0.29, 0.717) is 0 Å². The van der Waals surface area contributed by atoms with Gasteiger partial charge in [0.2, 0.25) is 0 Å². The van der Waals surface area contributed by atoms with E-state index in [0.717, 1.165) is 5.54 Å². The molecule has 1 atom stereocenters. The molecule has 0 nitrogen and oxygen atoms in total. The molecular formula is C15H23NaSi. The molecule has 0 amide bonds. The van der Waals surface area contributed by atoms with E-state index in [1.165, 1.54) is 23.7 Å². The summed E-state index contributed by atoms with van der Waals surface area (Å²) in [4.78, 5) is 0. The summed E-state index contributed by atoms with van der Waals surface area (Å²) in [5.41, 5.74) is 3.82. The Morgan fingerprint density at radius 1 is 1.06 bits per heavy atom. The first kappa shape index (κ1) is 15.2. The van der Waals surface area contributed by atoms with Crippen LogP contribution in [-0.4, -0.2) is 8.07 Å². The van der Waals surface area contributed by atoms with Crippen molar-refractivity contribution in [2.45, 2.75) is 44.4 Å². The van der Waals surface area contributed by atoms with Gasteiger partial charge >= 0.3 is 29.6 Å². The van der Waals surface area contributed by atoms with Crippen molar-refractivity contribution in [2.24, 2.45) is 0 Å². The Balaban J connectivity index is 0.00000144. The van der Waals surface area contributed by atoms with Gasteiger partial charge in [-0.15, -0.1) is 0 Å². The predicted octanol–water partition coefficient (Wildman–Crippen LogP) is 1.96. The molecule has 1 aromatic carbocycles. The minimum absolute atomic E-state index is 0. The molecule has 0 N–H and O–H groups in total. The molecule has 0 saturated carbocycles. The van der Waals surface area contributed by atoms with Gasteiger partial charge in [-0.05, 0) is 16.7 Å². The summed E-state index contributed by atoms with van der Waals surface area (Å²) in [5, 5.41) is 0. The van der Waals surface area contributed by atoms with Gasteiger partial charge in [0.1, 0.15) is 0 Å². The SMILES string of the molecule is CC[Si](CC)(CC)C1C=Cc2ccccc21.[H-].[Na+]. The molecule has 1 aromatic rings. The van der Waals surface area contributed by atoms with E-state index in [1.807, 2.05) is 0 Å². The molecule has 0 saturated heterocycles. The summed E-state index contributed by atoms with van der Waals surface area (Å²) >= 11 is 0. The van der Waals surface area contributed by atoms with E-state index in [9.17, 15) is 0 Å². The molecule has 0 heterocycles. The standard InChI is InChI=1S/C15H22Si.Na.H/c1-4-16(5-2,6-3)15-12-11-13-9-7-8-10-14(13)15;;/h7-12,15H,4-6H2,1-3H3;;/q;+1;-1. The van der Waals surface area contributed by atoms with Crippen LogP contribution in [0.2, 0.25) is 18.1 Å². The van der Waals surface area contributed by atoms with Gasteiger partial charge in [0.05, 0.1) is 8.07 Å². The number of rotatable bonds is 4. The maximum Gasteiger partial charge on any atom is 1.00 e. The summed E-state index contributed by atoms with van der Waals surface area (Å²) in [6.45, 7) is 7.19. The number of benzene rings is 1. The van der Waals surface area contributed by atoms with E-state index in [2.05, 4.69) is 57.2 Å². The molecule has 0 spiro atoms. The molecule has 0 radical (unpaired) electrons. The fourth-order valence-electron chi connectivity index (χ4n) is 3.19. The number of fused-ring (bicyclic) bond motifs is 1. The van der Waals surface area contributed by atoms with Crippen LogP contribution in [0.5, 0.6) is 0 Å². The normalized spacial score (nSPS) is 17.7. The zero-order valence-electron chi connectivity index (χ0n) is 12.7. The molecule has 0 fully saturated rings. The average molecular weight is 254 g/mol. The number of hydrogen-bond donors (Lipinski definition) is 0. The minimum atomic E-state index is -1.12. The van der Waals surface area contributed by atoms with Crippen LogP contribution in [0.1, 0.15) is 38.9 Å². The Hall–Kier alpha value is 0.177. The largest absolute Gasteiger partial charge is 1.00 e. The van der Waals surface area contributed by atoms with Crippen molar-refractivity contribution in [1.29, 1.82) is 0 Å². The summed E-state index contributed by atoms with van der Waals surface area (Å²) in [5.74, 6) is 0. The first-order valence-electron chi connectivity index (χ1n) is 6.54. The third-order valence-electron chi connectivity index (χ3n) is 4.57. The molecule has 88 valence electrons. The fourth-order valence-corrected chi connectivity index (χ4v) is 7.44. The molecule has 1 aliphatic carbocycles. The Morgan fingerprint density at radius 2 is 1.65 bits per heavy atom. The maximum atomic E-state index is 2.48. The third kappa shape index (κ3) is 2.63. The second-order valence-corrected chi connectivity index (χ2v) is 10.4. The quantitative estimate of drug-likeness (QED) is 0.721. The molecule has 0 bridgehead atoms. The van der Waals surface area contributed by atoms with E-state index < -0.39 is 8.07 Å². The van der Waals surface area contributed by atoms with Crippen LogP contribution >= 0.6 is 0 Å². The summed E-state index contributed by atoms with van der Waals surface area (Å²) in [6, 6.07) is 13.2. The molecule has 0 aromatic heterocycles. The first-order valence-corrected chi connectivity index (χ1v) is 9.24. The molecule has 1 aliphatic rings. The zero-order chi connectivity index (χ0) is 11.6. The van der Waals surface area contributed by atoms with Crippen molar-refractivity contribution in [1.82, 2.24) is 0 Å². The van der Waals surface area contributed by atoms with E-state index in [-0.39, 0.29) is 31.0 Å². The Bertz CT molecular complexity index is 391. The Morgan fingerprint density at radius 3 is 2.24 bits per heavy atom. The average Bonchev–Trinajstić information content (AvgIpc) is 2.77. The number of allylic oxidation sites excluding steroid dienone is 1. The topological polar surface area (TPSA) is 0 Å². The van der Waals surface area contributed by atoms with Crippen LogP contribution in [0.25, 0.3) is 6.08 Å². The van der Waals surface area contributed by atoms with Crippen molar-refractivity contribution >= 4 is 14.1 Å². The van der Waals surface area contributed by atoms with Crippen LogP contribution in [0.4, 0.5) is 0 Å². The predicted molar refractivity (Wildman–Crippen MR) is 76.5 cm³/mol. The summed E-state index contributed by atoms with van der Waals surface area (Å²) < 4.78 is 0. The van der Waals surface area contributed by atoms with Gasteiger partial charge in [-0.25, -0.2) is 0 Å². The van der Waals surface area contributed by atoms with Crippen LogP contribution < -0.4 is 29.6 Å². The maximum absolute atomic E-state index is 2.48. The van der Waals surface area contributed by atoms with Crippen molar-refractivity contribution < 1.29 is 31.0 Å². The van der Waals surface area contributed by atoms with Gasteiger partial charge in [0.15, 0.2) is 0 Å². The van der Waals surface area contributed by atoms with Crippen LogP contribution in [0, 0.1) is 0 Å². The van der Waals surface area contributed by atoms with Crippen molar-refractivity contribution in [3.8, 4) is 0 Å². The monoisotopic (exact) mass is 254 g/mol.